The summed E-state index contributed by atoms with van der Waals surface area (Å²) in [5.41, 5.74) is 0.813. The molecule has 5 heteroatoms. The van der Waals surface area contributed by atoms with Gasteiger partial charge in [-0.15, -0.1) is 0 Å². The molecule has 0 radical (unpaired) electrons. The van der Waals surface area contributed by atoms with E-state index in [-0.39, 0.29) is 5.75 Å². The smallest absolute Gasteiger partial charge is 0.214 e. The van der Waals surface area contributed by atoms with Gasteiger partial charge in [-0.3, -0.25) is 0 Å². The summed E-state index contributed by atoms with van der Waals surface area (Å²) in [6, 6.07) is 9.16. The number of nitrogens with one attached hydrogen (secondary N) is 1. The van der Waals surface area contributed by atoms with Crippen LogP contribution in [0.5, 0.6) is 0 Å². The second-order valence-electron chi connectivity index (χ2n) is 2.83. The third kappa shape index (κ3) is 4.39. The average molecular weight is 325 g/mol. The lowest BCUT2D eigenvalue weighted by Gasteiger charge is -2.04. The molecule has 0 aliphatic rings. The summed E-state index contributed by atoms with van der Waals surface area (Å²) in [6.45, 7) is 0.496. The van der Waals surface area contributed by atoms with Crippen molar-refractivity contribution in [1.82, 2.24) is 4.72 Å². The van der Waals surface area contributed by atoms with Crippen molar-refractivity contribution in [2.45, 2.75) is 5.75 Å². The van der Waals surface area contributed by atoms with Crippen LogP contribution < -0.4 is 4.72 Å². The van der Waals surface area contributed by atoms with E-state index in [2.05, 4.69) is 27.3 Å². The summed E-state index contributed by atoms with van der Waals surface area (Å²) in [7, 11) is -3.15. The molecular formula is C9H12INO2S. The molecule has 1 N–H and O–H groups in total. The van der Waals surface area contributed by atoms with Crippen LogP contribution in [0.4, 0.5) is 0 Å². The van der Waals surface area contributed by atoms with Gasteiger partial charge in [0.2, 0.25) is 10.0 Å². The quantitative estimate of drug-likeness (QED) is 0.659. The van der Waals surface area contributed by atoms with Gasteiger partial charge in [-0.1, -0.05) is 52.9 Å². The van der Waals surface area contributed by atoms with Crippen molar-refractivity contribution < 1.29 is 8.42 Å². The largest absolute Gasteiger partial charge is 0.215 e. The van der Waals surface area contributed by atoms with Gasteiger partial charge in [0.25, 0.3) is 0 Å². The second-order valence-corrected chi connectivity index (χ2v) is 5.71. The lowest BCUT2D eigenvalue weighted by atomic mass is 10.2. The minimum Gasteiger partial charge on any atom is -0.214 e. The minimum atomic E-state index is -3.15. The molecule has 0 amide bonds. The molecule has 14 heavy (non-hydrogen) atoms. The maximum Gasteiger partial charge on any atom is 0.215 e. The maximum absolute atomic E-state index is 11.4. The number of sulfonamides is 1. The zero-order chi connectivity index (χ0) is 10.4. The number of halogens is 1. The molecule has 0 saturated carbocycles. The van der Waals surface area contributed by atoms with Crippen molar-refractivity contribution in [1.29, 1.82) is 0 Å². The van der Waals surface area contributed by atoms with Crippen molar-refractivity contribution in [3.05, 3.63) is 35.9 Å². The molecule has 0 unspecified atom stereocenters. The summed E-state index contributed by atoms with van der Waals surface area (Å²) in [6.07, 6.45) is 0. The minimum absolute atomic E-state index is 0.0600. The van der Waals surface area contributed by atoms with Crippen molar-refractivity contribution in [3.8, 4) is 0 Å². The van der Waals surface area contributed by atoms with E-state index >= 15 is 0 Å². The monoisotopic (exact) mass is 325 g/mol. The summed E-state index contributed by atoms with van der Waals surface area (Å²) in [5, 5.41) is 0. The van der Waals surface area contributed by atoms with Gasteiger partial charge in [-0.05, 0) is 5.56 Å². The van der Waals surface area contributed by atoms with Crippen LogP contribution in [0.3, 0.4) is 0 Å². The molecule has 0 heterocycles. The molecule has 0 aliphatic heterocycles. The molecule has 0 spiro atoms. The predicted octanol–water partition coefficient (Wildman–Crippen LogP) is 1.54. The maximum atomic E-state index is 11.4. The van der Waals surface area contributed by atoms with Gasteiger partial charge in [0.1, 0.15) is 0 Å². The van der Waals surface area contributed by atoms with Gasteiger partial charge >= 0.3 is 0 Å². The van der Waals surface area contributed by atoms with Crippen molar-refractivity contribution in [2.24, 2.45) is 0 Å². The van der Waals surface area contributed by atoms with Crippen LogP contribution in [-0.4, -0.2) is 19.4 Å². The first-order valence-corrected chi connectivity index (χ1v) is 7.39. The number of hydrogen-bond donors (Lipinski definition) is 1. The fourth-order valence-electron chi connectivity index (χ4n) is 1.04. The van der Waals surface area contributed by atoms with E-state index in [1.165, 1.54) is 0 Å². The second kappa shape index (κ2) is 5.67. The highest BCUT2D eigenvalue weighted by atomic mass is 127. The van der Waals surface area contributed by atoms with E-state index in [1.807, 2.05) is 30.3 Å². The molecule has 0 fully saturated rings. The summed E-state index contributed by atoms with van der Waals surface area (Å²) in [5.74, 6) is 0.0600. The number of hydrogen-bond acceptors (Lipinski definition) is 2. The Bertz CT molecular complexity index is 364. The highest BCUT2D eigenvalue weighted by Crippen LogP contribution is 2.03. The third-order valence-corrected chi connectivity index (χ3v) is 3.51. The molecule has 0 bridgehead atoms. The highest BCUT2D eigenvalue weighted by molar-refractivity contribution is 14.1. The van der Waals surface area contributed by atoms with E-state index in [0.717, 1.165) is 9.99 Å². The van der Waals surface area contributed by atoms with Crippen LogP contribution in [0.1, 0.15) is 5.56 Å². The number of alkyl halides is 1. The van der Waals surface area contributed by atoms with Crippen molar-refractivity contribution in [2.75, 3.05) is 11.0 Å². The number of benzene rings is 1. The zero-order valence-electron chi connectivity index (χ0n) is 7.61. The van der Waals surface area contributed by atoms with Gasteiger partial charge in [0.05, 0.1) is 5.75 Å². The molecule has 1 rings (SSSR count). The average Bonchev–Trinajstić information content (AvgIpc) is 2.16. The highest BCUT2D eigenvalue weighted by Gasteiger charge is 2.09. The van der Waals surface area contributed by atoms with E-state index in [1.54, 1.807) is 0 Å². The molecular weight excluding hydrogens is 313 g/mol. The Morgan fingerprint density at radius 3 is 2.43 bits per heavy atom. The summed E-state index contributed by atoms with van der Waals surface area (Å²) < 4.78 is 26.2. The third-order valence-electron chi connectivity index (χ3n) is 1.62. The molecule has 0 aromatic heterocycles. The van der Waals surface area contributed by atoms with Crippen LogP contribution in [-0.2, 0) is 15.8 Å². The van der Waals surface area contributed by atoms with Crippen LogP contribution in [0.25, 0.3) is 0 Å². The lowest BCUT2D eigenvalue weighted by molar-refractivity contribution is 0.583. The first kappa shape index (κ1) is 11.9. The molecule has 1 aromatic carbocycles. The Hall–Kier alpha value is -0.140. The van der Waals surface area contributed by atoms with Crippen LogP contribution >= 0.6 is 22.6 Å². The fourth-order valence-corrected chi connectivity index (χ4v) is 2.82. The molecule has 0 aliphatic carbocycles. The Kier molecular flexibility index (Phi) is 4.83. The lowest BCUT2D eigenvalue weighted by Crippen LogP contribution is -2.26. The standard InChI is InChI=1S/C9H12INO2S/c10-6-7-11-14(12,13)8-9-4-2-1-3-5-9/h1-5,11H,6-8H2. The van der Waals surface area contributed by atoms with Gasteiger partial charge in [-0.25, -0.2) is 13.1 Å². The zero-order valence-corrected chi connectivity index (χ0v) is 10.6. The van der Waals surface area contributed by atoms with Crippen LogP contribution in [0.2, 0.25) is 0 Å². The van der Waals surface area contributed by atoms with E-state index in [0.29, 0.717) is 6.54 Å². The SMILES string of the molecule is O=S(=O)(Cc1ccccc1)NCCI. The van der Waals surface area contributed by atoms with Crippen LogP contribution in [0, 0.1) is 0 Å². The van der Waals surface area contributed by atoms with Crippen molar-refractivity contribution >= 4 is 32.6 Å². The number of rotatable bonds is 5. The summed E-state index contributed by atoms with van der Waals surface area (Å²) >= 11 is 2.13. The van der Waals surface area contributed by atoms with Gasteiger partial charge in [0.15, 0.2) is 0 Å². The molecule has 3 nitrogen and oxygen atoms in total. The Morgan fingerprint density at radius 2 is 1.86 bits per heavy atom. The molecule has 78 valence electrons. The van der Waals surface area contributed by atoms with Gasteiger partial charge < -0.3 is 0 Å². The van der Waals surface area contributed by atoms with Crippen LogP contribution in [0.15, 0.2) is 30.3 Å². The van der Waals surface area contributed by atoms with Gasteiger partial charge in [0, 0.05) is 11.0 Å². The Labute approximate surface area is 98.1 Å². The first-order valence-electron chi connectivity index (χ1n) is 4.21. The fraction of sp³-hybridized carbons (Fsp3) is 0.333. The Morgan fingerprint density at radius 1 is 1.21 bits per heavy atom. The predicted molar refractivity (Wildman–Crippen MR) is 66.0 cm³/mol. The molecule has 0 saturated heterocycles. The van der Waals surface area contributed by atoms with E-state index < -0.39 is 10.0 Å². The Balaban J connectivity index is 2.60. The van der Waals surface area contributed by atoms with Crippen molar-refractivity contribution in [3.63, 3.8) is 0 Å². The molecule has 1 aromatic rings. The normalized spacial score (nSPS) is 11.5. The first-order chi connectivity index (χ1) is 6.64. The van der Waals surface area contributed by atoms with E-state index in [4.69, 9.17) is 0 Å². The summed E-state index contributed by atoms with van der Waals surface area (Å²) in [4.78, 5) is 0. The topological polar surface area (TPSA) is 46.2 Å². The molecule has 0 atom stereocenters. The van der Waals surface area contributed by atoms with Gasteiger partial charge in [-0.2, -0.15) is 0 Å². The van der Waals surface area contributed by atoms with E-state index in [9.17, 15) is 8.42 Å².